The van der Waals surface area contributed by atoms with Gasteiger partial charge in [0, 0.05) is 16.5 Å². The van der Waals surface area contributed by atoms with Crippen LogP contribution < -0.4 is 5.32 Å². The molecule has 0 aliphatic heterocycles. The average molecular weight is 345 g/mol. The van der Waals surface area contributed by atoms with Crippen molar-refractivity contribution in [3.05, 3.63) is 45.0 Å². The number of aromatic nitrogens is 2. The lowest BCUT2D eigenvalue weighted by Gasteiger charge is -2.12. The minimum atomic E-state index is -0.360. The van der Waals surface area contributed by atoms with Crippen molar-refractivity contribution >= 4 is 39.0 Å². The minimum absolute atomic E-state index is 0.336. The molecule has 0 bridgehead atoms. The van der Waals surface area contributed by atoms with Gasteiger partial charge in [0.1, 0.15) is 22.6 Å². The molecule has 0 aliphatic rings. The fourth-order valence-electron chi connectivity index (χ4n) is 1.55. The molecule has 0 aliphatic carbocycles. The van der Waals surface area contributed by atoms with Gasteiger partial charge in [0.25, 0.3) is 0 Å². The molecule has 2 aromatic rings. The van der Waals surface area contributed by atoms with Gasteiger partial charge in [0.2, 0.25) is 0 Å². The lowest BCUT2D eigenvalue weighted by atomic mass is 10.2. The summed E-state index contributed by atoms with van der Waals surface area (Å²) in [4.78, 5) is 8.48. The number of halogens is 3. The second-order valence-corrected chi connectivity index (χ2v) is 5.19. The molecular weight excluding hydrogens is 333 g/mol. The Kier molecular flexibility index (Phi) is 4.37. The van der Waals surface area contributed by atoms with Crippen molar-refractivity contribution < 1.29 is 4.39 Å². The van der Waals surface area contributed by atoms with Crippen molar-refractivity contribution in [1.82, 2.24) is 9.97 Å². The van der Waals surface area contributed by atoms with E-state index in [9.17, 15) is 4.39 Å². The molecule has 0 saturated heterocycles. The van der Waals surface area contributed by atoms with Gasteiger partial charge in [-0.3, -0.25) is 0 Å². The summed E-state index contributed by atoms with van der Waals surface area (Å²) < 4.78 is 14.4. The van der Waals surface area contributed by atoms with E-state index in [4.69, 9.17) is 11.6 Å². The first-order valence-electron chi connectivity index (χ1n) is 5.77. The molecule has 1 aromatic heterocycles. The number of benzene rings is 1. The van der Waals surface area contributed by atoms with Gasteiger partial charge < -0.3 is 5.32 Å². The number of hydrogen-bond donors (Lipinski definition) is 1. The van der Waals surface area contributed by atoms with Crippen LogP contribution in [0.2, 0.25) is 5.15 Å². The molecule has 0 spiro atoms. The molecule has 100 valence electrons. The first-order chi connectivity index (χ1) is 9.02. The molecule has 1 N–H and O–H groups in total. The van der Waals surface area contributed by atoms with Gasteiger partial charge in [-0.1, -0.05) is 24.6 Å². The van der Waals surface area contributed by atoms with E-state index in [2.05, 4.69) is 31.2 Å². The summed E-state index contributed by atoms with van der Waals surface area (Å²) in [6, 6.07) is 4.76. The van der Waals surface area contributed by atoms with Gasteiger partial charge in [0.15, 0.2) is 0 Å². The topological polar surface area (TPSA) is 37.8 Å². The lowest BCUT2D eigenvalue weighted by Crippen LogP contribution is -2.04. The van der Waals surface area contributed by atoms with Crippen LogP contribution in [0.4, 0.5) is 15.9 Å². The average Bonchev–Trinajstić information content (AvgIpc) is 2.38. The Morgan fingerprint density at radius 3 is 2.74 bits per heavy atom. The number of nitrogens with one attached hydrogen (secondary N) is 1. The largest absolute Gasteiger partial charge is 0.337 e. The van der Waals surface area contributed by atoms with Crippen molar-refractivity contribution in [1.29, 1.82) is 0 Å². The van der Waals surface area contributed by atoms with E-state index in [1.54, 1.807) is 19.1 Å². The summed E-state index contributed by atoms with van der Waals surface area (Å²) in [6.45, 7) is 3.72. The zero-order valence-electron chi connectivity index (χ0n) is 10.5. The van der Waals surface area contributed by atoms with E-state index in [1.807, 2.05) is 6.92 Å². The maximum atomic E-state index is 13.8. The van der Waals surface area contributed by atoms with Crippen LogP contribution in [0.5, 0.6) is 0 Å². The predicted molar refractivity (Wildman–Crippen MR) is 78.5 cm³/mol. The van der Waals surface area contributed by atoms with Gasteiger partial charge in [-0.2, -0.15) is 0 Å². The van der Waals surface area contributed by atoms with Gasteiger partial charge >= 0.3 is 0 Å². The summed E-state index contributed by atoms with van der Waals surface area (Å²) in [5, 5.41) is 3.34. The molecule has 2 rings (SSSR count). The molecule has 3 nitrogen and oxygen atoms in total. The van der Waals surface area contributed by atoms with Crippen LogP contribution in [0, 0.1) is 12.7 Å². The number of nitrogens with zero attached hydrogens (tertiary/aromatic N) is 2. The van der Waals surface area contributed by atoms with Crippen molar-refractivity contribution in [3.8, 4) is 0 Å². The van der Waals surface area contributed by atoms with Crippen LogP contribution in [-0.2, 0) is 6.42 Å². The molecule has 0 saturated carbocycles. The summed E-state index contributed by atoms with van der Waals surface area (Å²) in [7, 11) is 0. The predicted octanol–water partition coefficient (Wildman–Crippen LogP) is 4.65. The Morgan fingerprint density at radius 2 is 2.11 bits per heavy atom. The van der Waals surface area contributed by atoms with Crippen LogP contribution in [0.1, 0.15) is 18.3 Å². The van der Waals surface area contributed by atoms with Crippen LogP contribution in [-0.4, -0.2) is 9.97 Å². The number of para-hydroxylation sites is 1. The zero-order valence-corrected chi connectivity index (χ0v) is 12.8. The molecule has 0 fully saturated rings. The van der Waals surface area contributed by atoms with Crippen LogP contribution >= 0.6 is 27.5 Å². The second kappa shape index (κ2) is 5.84. The third kappa shape index (κ3) is 3.04. The van der Waals surface area contributed by atoms with E-state index in [-0.39, 0.29) is 5.82 Å². The summed E-state index contributed by atoms with van der Waals surface area (Å²) >= 11 is 9.35. The maximum Gasteiger partial charge on any atom is 0.147 e. The molecule has 0 atom stereocenters. The molecule has 0 unspecified atom stereocenters. The highest BCUT2D eigenvalue weighted by atomic mass is 79.9. The Morgan fingerprint density at radius 1 is 1.37 bits per heavy atom. The summed E-state index contributed by atoms with van der Waals surface area (Å²) in [6.07, 6.45) is 0.660. The molecule has 6 heteroatoms. The van der Waals surface area contributed by atoms with E-state index in [1.165, 1.54) is 6.07 Å². The van der Waals surface area contributed by atoms with Crippen molar-refractivity contribution in [2.45, 2.75) is 20.3 Å². The van der Waals surface area contributed by atoms with Crippen LogP contribution in [0.15, 0.2) is 22.7 Å². The minimum Gasteiger partial charge on any atom is -0.337 e. The standard InChI is InChI=1S/C13H12BrClFN3/c1-3-10-17-12(15)7(2)13(18-10)19-11-8(14)5-4-6-9(11)16/h4-6H,3H2,1-2H3,(H,17,18,19). The number of anilines is 2. The second-order valence-electron chi connectivity index (χ2n) is 3.98. The third-order valence-electron chi connectivity index (χ3n) is 2.66. The lowest BCUT2D eigenvalue weighted by molar-refractivity contribution is 0.631. The number of aryl methyl sites for hydroxylation is 1. The molecule has 0 amide bonds. The van der Waals surface area contributed by atoms with E-state index in [0.717, 1.165) is 0 Å². The number of rotatable bonds is 3. The van der Waals surface area contributed by atoms with Gasteiger partial charge in [-0.15, -0.1) is 0 Å². The van der Waals surface area contributed by atoms with E-state index < -0.39 is 0 Å². The summed E-state index contributed by atoms with van der Waals surface area (Å²) in [5.41, 5.74) is 1.02. The monoisotopic (exact) mass is 343 g/mol. The SMILES string of the molecule is CCc1nc(Cl)c(C)c(Nc2c(F)cccc2Br)n1. The summed E-state index contributed by atoms with van der Waals surface area (Å²) in [5.74, 6) is 0.773. The zero-order chi connectivity index (χ0) is 14.0. The third-order valence-corrected chi connectivity index (χ3v) is 3.68. The van der Waals surface area contributed by atoms with Crippen LogP contribution in [0.25, 0.3) is 0 Å². The Labute approximate surface area is 124 Å². The molecule has 0 radical (unpaired) electrons. The van der Waals surface area contributed by atoms with E-state index in [0.29, 0.717) is 38.9 Å². The Hall–Kier alpha value is -1.20. The first-order valence-corrected chi connectivity index (χ1v) is 6.94. The quantitative estimate of drug-likeness (QED) is 0.824. The molecule has 1 aromatic carbocycles. The van der Waals surface area contributed by atoms with Crippen molar-refractivity contribution in [3.63, 3.8) is 0 Å². The highest BCUT2D eigenvalue weighted by Crippen LogP contribution is 2.30. The van der Waals surface area contributed by atoms with Crippen molar-refractivity contribution in [2.24, 2.45) is 0 Å². The molecule has 19 heavy (non-hydrogen) atoms. The Balaban J connectivity index is 2.46. The van der Waals surface area contributed by atoms with E-state index >= 15 is 0 Å². The van der Waals surface area contributed by atoms with Gasteiger partial charge in [-0.25, -0.2) is 14.4 Å². The normalized spacial score (nSPS) is 10.6. The smallest absolute Gasteiger partial charge is 0.147 e. The Bertz CT molecular complexity index is 599. The first kappa shape index (κ1) is 14.2. The van der Waals surface area contributed by atoms with Crippen molar-refractivity contribution in [2.75, 3.05) is 5.32 Å². The maximum absolute atomic E-state index is 13.8. The molecular formula is C13H12BrClFN3. The number of hydrogen-bond acceptors (Lipinski definition) is 3. The van der Waals surface area contributed by atoms with Gasteiger partial charge in [0.05, 0.1) is 5.69 Å². The highest BCUT2D eigenvalue weighted by molar-refractivity contribution is 9.10. The van der Waals surface area contributed by atoms with Crippen LogP contribution in [0.3, 0.4) is 0 Å². The van der Waals surface area contributed by atoms with Gasteiger partial charge in [-0.05, 0) is 35.0 Å². The molecule has 1 heterocycles. The fraction of sp³-hybridized carbons (Fsp3) is 0.231. The highest BCUT2D eigenvalue weighted by Gasteiger charge is 2.12. The fourth-order valence-corrected chi connectivity index (χ4v) is 2.18.